The fourth-order valence-electron chi connectivity index (χ4n) is 3.23. The maximum Gasteiger partial charge on any atom is 0.253 e. The molecular weight excluding hydrogens is 436 g/mol. The molecule has 2 amide bonds. The van der Waals surface area contributed by atoms with Crippen LogP contribution in [0.25, 0.3) is 10.8 Å². The molecule has 31 heavy (non-hydrogen) atoms. The van der Waals surface area contributed by atoms with Gasteiger partial charge in [-0.05, 0) is 34.9 Å². The number of benzene rings is 3. The highest BCUT2D eigenvalue weighted by Crippen LogP contribution is 2.18. The summed E-state index contributed by atoms with van der Waals surface area (Å²) in [6, 6.07) is 19.1. The molecule has 6 nitrogen and oxygen atoms in total. The van der Waals surface area contributed by atoms with Crippen molar-refractivity contribution in [2.24, 2.45) is 0 Å². The van der Waals surface area contributed by atoms with Gasteiger partial charge in [0.2, 0.25) is 5.91 Å². The number of fused-ring (bicyclic) bond motifs is 1. The van der Waals surface area contributed by atoms with Gasteiger partial charge in [-0.1, -0.05) is 66.2 Å². The third kappa shape index (κ3) is 6.29. The first-order chi connectivity index (χ1) is 14.7. The Labute approximate surface area is 186 Å². The molecule has 3 aromatic carbocycles. The Morgan fingerprint density at radius 2 is 1.65 bits per heavy atom. The second-order valence-corrected chi connectivity index (χ2v) is 9.95. The van der Waals surface area contributed by atoms with Crippen LogP contribution >= 0.6 is 11.6 Å². The zero-order chi connectivity index (χ0) is 22.4. The van der Waals surface area contributed by atoms with Crippen LogP contribution in [0.5, 0.6) is 0 Å². The number of carbonyl (C=O) groups is 2. The monoisotopic (exact) mass is 458 g/mol. The normalized spacial score (nSPS) is 12.3. The van der Waals surface area contributed by atoms with E-state index < -0.39 is 27.7 Å². The molecule has 0 heterocycles. The first-order valence-electron chi connectivity index (χ1n) is 9.72. The van der Waals surface area contributed by atoms with Gasteiger partial charge < -0.3 is 10.6 Å². The number of hydrogen-bond donors (Lipinski definition) is 2. The van der Waals surface area contributed by atoms with Crippen LogP contribution in [-0.4, -0.2) is 38.3 Å². The van der Waals surface area contributed by atoms with E-state index in [2.05, 4.69) is 10.6 Å². The Kier molecular flexibility index (Phi) is 7.30. The zero-order valence-corrected chi connectivity index (χ0v) is 18.5. The molecule has 0 aliphatic rings. The molecule has 0 aliphatic carbocycles. The van der Waals surface area contributed by atoms with Crippen molar-refractivity contribution in [2.75, 3.05) is 12.0 Å². The summed E-state index contributed by atoms with van der Waals surface area (Å²) in [4.78, 5) is 25.5. The average Bonchev–Trinajstić information content (AvgIpc) is 2.74. The molecule has 1 atom stereocenters. The lowest BCUT2D eigenvalue weighted by Gasteiger charge is -2.19. The van der Waals surface area contributed by atoms with E-state index in [4.69, 9.17) is 11.6 Å². The van der Waals surface area contributed by atoms with E-state index in [0.29, 0.717) is 0 Å². The van der Waals surface area contributed by atoms with Crippen molar-refractivity contribution in [3.05, 3.63) is 82.9 Å². The topological polar surface area (TPSA) is 92.3 Å². The Balaban J connectivity index is 1.75. The summed E-state index contributed by atoms with van der Waals surface area (Å²) in [5.74, 6) is -1.23. The van der Waals surface area contributed by atoms with E-state index in [9.17, 15) is 18.0 Å². The Bertz CT molecular complexity index is 1210. The number of rotatable bonds is 8. The molecular formula is C23H23ClN2O4S. The molecule has 8 heteroatoms. The van der Waals surface area contributed by atoms with Crippen molar-refractivity contribution in [3.8, 4) is 0 Å². The number of carbonyl (C=O) groups excluding carboxylic acids is 2. The molecule has 3 rings (SSSR count). The van der Waals surface area contributed by atoms with Gasteiger partial charge in [-0.15, -0.1) is 0 Å². The predicted molar refractivity (Wildman–Crippen MR) is 123 cm³/mol. The van der Waals surface area contributed by atoms with Crippen molar-refractivity contribution < 1.29 is 18.0 Å². The van der Waals surface area contributed by atoms with Crippen LogP contribution in [0.1, 0.15) is 22.3 Å². The van der Waals surface area contributed by atoms with Gasteiger partial charge in [0.25, 0.3) is 5.91 Å². The highest BCUT2D eigenvalue weighted by atomic mass is 35.5. The van der Waals surface area contributed by atoms with Gasteiger partial charge in [-0.25, -0.2) is 8.42 Å². The van der Waals surface area contributed by atoms with E-state index in [0.717, 1.165) is 22.6 Å². The molecule has 0 radical (unpaired) electrons. The van der Waals surface area contributed by atoms with Gasteiger partial charge in [0, 0.05) is 12.8 Å². The summed E-state index contributed by atoms with van der Waals surface area (Å²) in [5.41, 5.74) is 1.14. The Morgan fingerprint density at radius 1 is 0.968 bits per heavy atom. The number of nitrogens with one attached hydrogen (secondary N) is 2. The maximum absolute atomic E-state index is 12.9. The number of sulfone groups is 1. The number of halogens is 1. The molecule has 3 aromatic rings. The van der Waals surface area contributed by atoms with Crippen LogP contribution in [0.15, 0.2) is 66.7 Å². The van der Waals surface area contributed by atoms with Crippen molar-refractivity contribution in [2.45, 2.75) is 19.0 Å². The molecule has 0 fully saturated rings. The van der Waals surface area contributed by atoms with Crippen molar-refractivity contribution in [1.82, 2.24) is 10.6 Å². The summed E-state index contributed by atoms with van der Waals surface area (Å²) < 4.78 is 23.3. The van der Waals surface area contributed by atoms with Crippen molar-refractivity contribution >= 4 is 44.0 Å². The second-order valence-electron chi connectivity index (χ2n) is 7.28. The highest BCUT2D eigenvalue weighted by molar-refractivity contribution is 7.90. The van der Waals surface area contributed by atoms with Gasteiger partial charge in [0.05, 0.1) is 16.3 Å². The highest BCUT2D eigenvalue weighted by Gasteiger charge is 2.24. The fraction of sp³-hybridized carbons (Fsp3) is 0.217. The Morgan fingerprint density at radius 3 is 2.39 bits per heavy atom. The lowest BCUT2D eigenvalue weighted by Crippen LogP contribution is -2.47. The average molecular weight is 459 g/mol. The van der Waals surface area contributed by atoms with E-state index in [1.54, 1.807) is 24.3 Å². The summed E-state index contributed by atoms with van der Waals surface area (Å²) in [6.07, 6.45) is 1.05. The summed E-state index contributed by atoms with van der Waals surface area (Å²) in [6.45, 7) is 0.248. The lowest BCUT2D eigenvalue weighted by atomic mass is 10.0. The largest absolute Gasteiger partial charge is 0.350 e. The summed E-state index contributed by atoms with van der Waals surface area (Å²) in [5, 5.41) is 7.75. The molecule has 0 aromatic heterocycles. The minimum absolute atomic E-state index is 0.0452. The quantitative estimate of drug-likeness (QED) is 0.541. The smallest absolute Gasteiger partial charge is 0.253 e. The fourth-order valence-corrected chi connectivity index (χ4v) is 4.12. The molecule has 0 bridgehead atoms. The van der Waals surface area contributed by atoms with Gasteiger partial charge in [0.1, 0.15) is 15.9 Å². The molecule has 0 spiro atoms. The van der Waals surface area contributed by atoms with Crippen molar-refractivity contribution in [3.63, 3.8) is 0 Å². The first kappa shape index (κ1) is 22.8. The second kappa shape index (κ2) is 9.94. The standard InChI is InChI=1S/C23H23ClN2O4S/c1-31(29,30)14-13-21(26-22(27)19-11-4-5-12-20(19)24)23(28)25-15-17-9-6-8-16-7-2-3-10-18(16)17/h2-12,21H,13-15H2,1H3,(H,25,28)(H,26,27). The van der Waals surface area contributed by atoms with E-state index >= 15 is 0 Å². The zero-order valence-electron chi connectivity index (χ0n) is 17.0. The molecule has 0 saturated carbocycles. The lowest BCUT2D eigenvalue weighted by molar-refractivity contribution is -0.123. The molecule has 0 saturated heterocycles. The van der Waals surface area contributed by atoms with Gasteiger partial charge in [-0.2, -0.15) is 0 Å². The van der Waals surface area contributed by atoms with Crippen molar-refractivity contribution in [1.29, 1.82) is 0 Å². The SMILES string of the molecule is CS(=O)(=O)CCC(NC(=O)c1ccccc1Cl)C(=O)NCc1cccc2ccccc12. The molecule has 1 unspecified atom stereocenters. The van der Waals surface area contributed by atoms with Crippen LogP contribution in [0, 0.1) is 0 Å². The van der Waals surface area contributed by atoms with Crippen LogP contribution in [0.3, 0.4) is 0 Å². The third-order valence-electron chi connectivity index (χ3n) is 4.85. The first-order valence-corrected chi connectivity index (χ1v) is 12.2. The minimum Gasteiger partial charge on any atom is -0.350 e. The van der Waals surface area contributed by atoms with Gasteiger partial charge in [0.15, 0.2) is 0 Å². The predicted octanol–water partition coefficient (Wildman–Crippen LogP) is 3.34. The maximum atomic E-state index is 12.9. The van der Waals surface area contributed by atoms with Gasteiger partial charge >= 0.3 is 0 Å². The van der Waals surface area contributed by atoms with E-state index in [-0.39, 0.29) is 29.3 Å². The minimum atomic E-state index is -3.31. The number of amides is 2. The molecule has 0 aliphatic heterocycles. The Hall–Kier alpha value is -2.90. The van der Waals surface area contributed by atoms with Crippen LogP contribution in [-0.2, 0) is 21.2 Å². The summed E-state index contributed by atoms with van der Waals surface area (Å²) in [7, 11) is -3.31. The van der Waals surface area contributed by atoms with E-state index in [1.807, 2.05) is 42.5 Å². The van der Waals surface area contributed by atoms with Crippen LogP contribution in [0.2, 0.25) is 5.02 Å². The van der Waals surface area contributed by atoms with Crippen LogP contribution in [0.4, 0.5) is 0 Å². The molecule has 2 N–H and O–H groups in total. The van der Waals surface area contributed by atoms with E-state index in [1.165, 1.54) is 0 Å². The molecule has 162 valence electrons. The number of hydrogen-bond acceptors (Lipinski definition) is 4. The third-order valence-corrected chi connectivity index (χ3v) is 6.16. The summed E-state index contributed by atoms with van der Waals surface area (Å²) >= 11 is 6.07. The van der Waals surface area contributed by atoms with Crippen LogP contribution < -0.4 is 10.6 Å². The van der Waals surface area contributed by atoms with Gasteiger partial charge in [-0.3, -0.25) is 9.59 Å².